The number of rotatable bonds is 7. The minimum atomic E-state index is -0.0877. The van der Waals surface area contributed by atoms with Crippen molar-refractivity contribution >= 4 is 17.8 Å². The van der Waals surface area contributed by atoms with Crippen LogP contribution in [0, 0.1) is 0 Å². The van der Waals surface area contributed by atoms with Crippen LogP contribution in [-0.4, -0.2) is 44.9 Å². The number of aromatic nitrogens is 3. The third kappa shape index (κ3) is 4.25. The van der Waals surface area contributed by atoms with Crippen LogP contribution < -0.4 is 4.74 Å². The summed E-state index contributed by atoms with van der Waals surface area (Å²) in [5, 5.41) is 21.9. The number of Topliss-reactive ketones (excluding diaryl/α,β-unsaturated/α-hetero) is 2. The fourth-order valence-electron chi connectivity index (χ4n) is 2.06. The average Bonchev–Trinajstić information content (AvgIpc) is 2.85. The van der Waals surface area contributed by atoms with Crippen molar-refractivity contribution in [2.75, 3.05) is 7.11 Å². The predicted octanol–water partition coefficient (Wildman–Crippen LogP) is 1.14. The van der Waals surface area contributed by atoms with Gasteiger partial charge < -0.3 is 9.84 Å². The lowest BCUT2D eigenvalue weighted by Crippen LogP contribution is -2.09. The molecule has 126 valence electrons. The van der Waals surface area contributed by atoms with Gasteiger partial charge in [-0.05, 0) is 37.6 Å². The molecule has 0 spiro atoms. The van der Waals surface area contributed by atoms with E-state index >= 15 is 0 Å². The van der Waals surface area contributed by atoms with Gasteiger partial charge in [-0.1, -0.05) is 0 Å². The lowest BCUT2D eigenvalue weighted by Gasteiger charge is -2.04. The zero-order chi connectivity index (χ0) is 17.7. The van der Waals surface area contributed by atoms with Gasteiger partial charge in [-0.3, -0.25) is 9.59 Å². The molecule has 0 saturated carbocycles. The largest absolute Gasteiger partial charge is 0.504 e. The number of hydrogen-bond donors (Lipinski definition) is 1. The summed E-state index contributed by atoms with van der Waals surface area (Å²) in [4.78, 5) is 22.7. The fraction of sp³-hybridized carbons (Fsp3) is 0.312. The van der Waals surface area contributed by atoms with Crippen molar-refractivity contribution in [1.29, 1.82) is 0 Å². The lowest BCUT2D eigenvalue weighted by atomic mass is 10.2. The molecule has 0 aliphatic rings. The van der Waals surface area contributed by atoms with Crippen molar-refractivity contribution in [3.05, 3.63) is 35.4 Å². The molecule has 1 heterocycles. The molecule has 0 fully saturated rings. The number of methoxy groups -OCH3 is 1. The lowest BCUT2D eigenvalue weighted by molar-refractivity contribution is -0.117. The molecule has 0 saturated heterocycles. The van der Waals surface area contributed by atoms with Crippen LogP contribution in [-0.2, 0) is 22.4 Å². The predicted molar refractivity (Wildman–Crippen MR) is 86.4 cm³/mol. The SMILES string of the molecule is COc1ccc(/C=N/n2c(CC(C)=O)nnc2CC(C)=O)cc1O. The zero-order valence-electron chi connectivity index (χ0n) is 13.7. The van der Waals surface area contributed by atoms with Gasteiger partial charge in [0, 0.05) is 0 Å². The molecular weight excluding hydrogens is 312 g/mol. The number of ketones is 2. The summed E-state index contributed by atoms with van der Waals surface area (Å²) >= 11 is 0. The number of nitrogens with zero attached hydrogens (tertiary/aromatic N) is 4. The van der Waals surface area contributed by atoms with E-state index in [-0.39, 0.29) is 30.2 Å². The second-order valence-electron chi connectivity index (χ2n) is 5.28. The van der Waals surface area contributed by atoms with Gasteiger partial charge in [0.25, 0.3) is 0 Å². The Labute approximate surface area is 138 Å². The maximum atomic E-state index is 11.3. The number of carbonyl (C=O) groups excluding carboxylic acids is 2. The highest BCUT2D eigenvalue weighted by atomic mass is 16.5. The van der Waals surface area contributed by atoms with Crippen molar-refractivity contribution in [2.24, 2.45) is 5.10 Å². The molecule has 0 aliphatic heterocycles. The van der Waals surface area contributed by atoms with E-state index in [1.54, 1.807) is 12.1 Å². The molecule has 8 heteroatoms. The Morgan fingerprint density at radius 3 is 2.25 bits per heavy atom. The molecule has 0 amide bonds. The first kappa shape index (κ1) is 17.3. The van der Waals surface area contributed by atoms with Crippen LogP contribution in [0.2, 0.25) is 0 Å². The Kier molecular flexibility index (Phi) is 5.41. The first-order chi connectivity index (χ1) is 11.4. The number of phenols is 1. The summed E-state index contributed by atoms with van der Waals surface area (Å²) in [5.74, 6) is 0.871. The van der Waals surface area contributed by atoms with E-state index in [0.717, 1.165) is 0 Å². The van der Waals surface area contributed by atoms with Crippen molar-refractivity contribution in [3.8, 4) is 11.5 Å². The molecule has 0 aliphatic carbocycles. The highest BCUT2D eigenvalue weighted by Gasteiger charge is 2.14. The normalized spacial score (nSPS) is 11.0. The Morgan fingerprint density at radius 1 is 1.21 bits per heavy atom. The first-order valence-electron chi connectivity index (χ1n) is 7.24. The third-order valence-corrected chi connectivity index (χ3v) is 3.11. The molecule has 2 aromatic rings. The van der Waals surface area contributed by atoms with Crippen LogP contribution in [0.4, 0.5) is 0 Å². The number of aromatic hydroxyl groups is 1. The molecule has 2 rings (SSSR count). The van der Waals surface area contributed by atoms with E-state index in [4.69, 9.17) is 4.74 Å². The number of benzene rings is 1. The molecule has 0 atom stereocenters. The minimum absolute atomic E-state index is 0.0156. The summed E-state index contributed by atoms with van der Waals surface area (Å²) in [6, 6.07) is 4.81. The van der Waals surface area contributed by atoms with Gasteiger partial charge >= 0.3 is 0 Å². The zero-order valence-corrected chi connectivity index (χ0v) is 13.7. The van der Waals surface area contributed by atoms with Crippen LogP contribution in [0.25, 0.3) is 0 Å². The van der Waals surface area contributed by atoms with Crippen LogP contribution in [0.1, 0.15) is 31.1 Å². The van der Waals surface area contributed by atoms with Gasteiger partial charge in [-0.15, -0.1) is 10.2 Å². The molecule has 0 unspecified atom stereocenters. The Balaban J connectivity index is 2.35. The van der Waals surface area contributed by atoms with Gasteiger partial charge in [0.2, 0.25) is 0 Å². The summed E-state index contributed by atoms with van der Waals surface area (Å²) in [7, 11) is 1.46. The second kappa shape index (κ2) is 7.49. The average molecular weight is 330 g/mol. The van der Waals surface area contributed by atoms with Gasteiger partial charge in [-0.2, -0.15) is 5.10 Å². The van der Waals surface area contributed by atoms with E-state index in [9.17, 15) is 14.7 Å². The van der Waals surface area contributed by atoms with E-state index in [2.05, 4.69) is 15.3 Å². The minimum Gasteiger partial charge on any atom is -0.504 e. The van der Waals surface area contributed by atoms with Crippen LogP contribution in [0.5, 0.6) is 11.5 Å². The molecule has 24 heavy (non-hydrogen) atoms. The molecule has 8 nitrogen and oxygen atoms in total. The van der Waals surface area contributed by atoms with E-state index in [1.165, 1.54) is 37.9 Å². The Bertz CT molecular complexity index is 762. The number of hydrogen-bond acceptors (Lipinski definition) is 7. The molecule has 1 aromatic heterocycles. The quantitative estimate of drug-likeness (QED) is 0.763. The molecular formula is C16H18N4O4. The highest BCUT2D eigenvalue weighted by molar-refractivity contribution is 5.81. The fourth-order valence-corrected chi connectivity index (χ4v) is 2.06. The Hall–Kier alpha value is -3.03. The van der Waals surface area contributed by atoms with Gasteiger partial charge in [0.05, 0.1) is 26.2 Å². The van der Waals surface area contributed by atoms with Gasteiger partial charge in [-0.25, -0.2) is 4.68 Å². The first-order valence-corrected chi connectivity index (χ1v) is 7.24. The van der Waals surface area contributed by atoms with Gasteiger partial charge in [0.1, 0.15) is 11.6 Å². The number of phenolic OH excluding ortho intramolecular Hbond substituents is 1. The van der Waals surface area contributed by atoms with Crippen molar-refractivity contribution < 1.29 is 19.4 Å². The maximum absolute atomic E-state index is 11.3. The molecule has 0 radical (unpaired) electrons. The standard InChI is InChI=1S/C16H18N4O4/c1-10(21)6-15-18-19-16(7-11(2)22)20(15)17-9-12-4-5-14(24-3)13(23)8-12/h4-5,8-9,23H,6-7H2,1-3H3/b17-9+. The van der Waals surface area contributed by atoms with Gasteiger partial charge in [0.15, 0.2) is 23.1 Å². The summed E-state index contributed by atoms with van der Waals surface area (Å²) in [5.41, 5.74) is 0.615. The Morgan fingerprint density at radius 2 is 1.79 bits per heavy atom. The van der Waals surface area contributed by atoms with Crippen molar-refractivity contribution in [2.45, 2.75) is 26.7 Å². The topological polar surface area (TPSA) is 107 Å². The number of ether oxygens (including phenoxy) is 1. The summed E-state index contributed by atoms with van der Waals surface area (Å²) in [6.07, 6.45) is 1.61. The molecule has 0 bridgehead atoms. The van der Waals surface area contributed by atoms with Crippen molar-refractivity contribution in [1.82, 2.24) is 14.9 Å². The molecule has 1 N–H and O–H groups in total. The number of carbonyl (C=O) groups is 2. The second-order valence-corrected chi connectivity index (χ2v) is 5.28. The van der Waals surface area contributed by atoms with E-state index in [1.807, 2.05) is 0 Å². The van der Waals surface area contributed by atoms with E-state index in [0.29, 0.717) is 23.0 Å². The third-order valence-electron chi connectivity index (χ3n) is 3.11. The monoisotopic (exact) mass is 330 g/mol. The van der Waals surface area contributed by atoms with Crippen LogP contribution in [0.3, 0.4) is 0 Å². The van der Waals surface area contributed by atoms with Crippen LogP contribution in [0.15, 0.2) is 23.3 Å². The van der Waals surface area contributed by atoms with Crippen molar-refractivity contribution in [3.63, 3.8) is 0 Å². The summed E-state index contributed by atoms with van der Waals surface area (Å²) < 4.78 is 6.36. The molecule has 1 aromatic carbocycles. The summed E-state index contributed by atoms with van der Waals surface area (Å²) in [6.45, 7) is 2.88. The maximum Gasteiger partial charge on any atom is 0.161 e. The highest BCUT2D eigenvalue weighted by Crippen LogP contribution is 2.25. The van der Waals surface area contributed by atoms with Crippen LogP contribution >= 0.6 is 0 Å². The van der Waals surface area contributed by atoms with E-state index < -0.39 is 0 Å². The smallest absolute Gasteiger partial charge is 0.161 e.